The third-order valence-electron chi connectivity index (χ3n) is 3.92. The minimum atomic E-state index is -0.513. The predicted octanol–water partition coefficient (Wildman–Crippen LogP) is 2.77. The largest absolute Gasteiger partial charge is 0.339 e. The van der Waals surface area contributed by atoms with Crippen LogP contribution in [0.4, 0.5) is 9.52 Å². The zero-order valence-corrected chi connectivity index (χ0v) is 13.2. The zero-order chi connectivity index (χ0) is 16.2. The van der Waals surface area contributed by atoms with Crippen molar-refractivity contribution >= 4 is 28.3 Å². The summed E-state index contributed by atoms with van der Waals surface area (Å²) in [6.45, 7) is 0.895. The van der Waals surface area contributed by atoms with Gasteiger partial charge in [-0.05, 0) is 25.0 Å². The number of nitrogens with zero attached hydrogens (tertiary/aromatic N) is 2. The molecule has 0 atom stereocenters. The van der Waals surface area contributed by atoms with Gasteiger partial charge in [-0.25, -0.2) is 9.37 Å². The van der Waals surface area contributed by atoms with E-state index in [4.69, 9.17) is 0 Å². The van der Waals surface area contributed by atoms with E-state index in [1.807, 2.05) is 0 Å². The summed E-state index contributed by atoms with van der Waals surface area (Å²) in [5.74, 6) is -1.05. The second kappa shape index (κ2) is 6.87. The van der Waals surface area contributed by atoms with Gasteiger partial charge in [-0.1, -0.05) is 12.1 Å². The van der Waals surface area contributed by atoms with Crippen LogP contribution in [-0.2, 0) is 4.79 Å². The van der Waals surface area contributed by atoms with Crippen LogP contribution >= 0.6 is 11.3 Å². The molecule has 0 spiro atoms. The summed E-state index contributed by atoms with van der Waals surface area (Å²) in [6.07, 6.45) is 2.77. The molecular weight excluding hydrogens is 317 g/mol. The molecule has 5 nitrogen and oxygen atoms in total. The average molecular weight is 333 g/mol. The van der Waals surface area contributed by atoms with Gasteiger partial charge in [0.15, 0.2) is 5.13 Å². The van der Waals surface area contributed by atoms with Crippen molar-refractivity contribution in [2.45, 2.75) is 12.8 Å². The van der Waals surface area contributed by atoms with Gasteiger partial charge in [0, 0.05) is 30.6 Å². The van der Waals surface area contributed by atoms with Gasteiger partial charge in [-0.15, -0.1) is 11.3 Å². The Morgan fingerprint density at radius 1 is 1.26 bits per heavy atom. The molecule has 0 saturated carbocycles. The summed E-state index contributed by atoms with van der Waals surface area (Å²) >= 11 is 1.37. The lowest BCUT2D eigenvalue weighted by Gasteiger charge is -2.31. The third-order valence-corrected chi connectivity index (χ3v) is 4.61. The smallest absolute Gasteiger partial charge is 0.256 e. The average Bonchev–Trinajstić information content (AvgIpc) is 3.08. The number of nitrogens with one attached hydrogen (secondary N) is 1. The van der Waals surface area contributed by atoms with Gasteiger partial charge in [0.05, 0.1) is 5.56 Å². The number of aromatic nitrogens is 1. The van der Waals surface area contributed by atoms with Crippen LogP contribution in [0.25, 0.3) is 0 Å². The number of rotatable bonds is 3. The van der Waals surface area contributed by atoms with Crippen LogP contribution in [0, 0.1) is 11.7 Å². The van der Waals surface area contributed by atoms with Gasteiger partial charge >= 0.3 is 0 Å². The molecule has 2 amide bonds. The third kappa shape index (κ3) is 3.56. The summed E-state index contributed by atoms with van der Waals surface area (Å²) < 4.78 is 13.7. The topological polar surface area (TPSA) is 62.3 Å². The molecule has 1 aliphatic heterocycles. The van der Waals surface area contributed by atoms with E-state index in [1.54, 1.807) is 28.6 Å². The van der Waals surface area contributed by atoms with Crippen LogP contribution in [-0.4, -0.2) is 34.8 Å². The maximum atomic E-state index is 13.7. The molecule has 120 valence electrons. The number of hydrogen-bond acceptors (Lipinski definition) is 4. The molecular formula is C16H16FN3O2S. The monoisotopic (exact) mass is 333 g/mol. The maximum absolute atomic E-state index is 13.7. The van der Waals surface area contributed by atoms with Crippen LogP contribution in [0.15, 0.2) is 35.8 Å². The van der Waals surface area contributed by atoms with Crippen LogP contribution in [0.1, 0.15) is 23.2 Å². The van der Waals surface area contributed by atoms with Crippen molar-refractivity contribution < 1.29 is 14.0 Å². The number of carbonyl (C=O) groups is 2. The van der Waals surface area contributed by atoms with Gasteiger partial charge in [-0.3, -0.25) is 9.59 Å². The van der Waals surface area contributed by atoms with Gasteiger partial charge < -0.3 is 10.2 Å². The molecule has 0 aliphatic carbocycles. The Hall–Kier alpha value is -2.28. The summed E-state index contributed by atoms with van der Waals surface area (Å²) in [7, 11) is 0. The maximum Gasteiger partial charge on any atom is 0.256 e. The molecule has 23 heavy (non-hydrogen) atoms. The molecule has 1 N–H and O–H groups in total. The molecule has 2 heterocycles. The Labute approximate surface area is 137 Å². The van der Waals surface area contributed by atoms with Crippen molar-refractivity contribution in [3.8, 4) is 0 Å². The highest BCUT2D eigenvalue weighted by atomic mass is 32.1. The molecule has 0 bridgehead atoms. The van der Waals surface area contributed by atoms with Crippen LogP contribution in [0.2, 0.25) is 0 Å². The molecule has 3 rings (SSSR count). The minimum Gasteiger partial charge on any atom is -0.339 e. The number of carbonyl (C=O) groups excluding carboxylic acids is 2. The first-order valence-corrected chi connectivity index (χ1v) is 8.27. The molecule has 1 saturated heterocycles. The molecule has 1 aromatic carbocycles. The fourth-order valence-electron chi connectivity index (χ4n) is 2.64. The molecule has 0 unspecified atom stereocenters. The second-order valence-corrected chi connectivity index (χ2v) is 6.27. The highest BCUT2D eigenvalue weighted by Crippen LogP contribution is 2.22. The molecule has 1 fully saturated rings. The van der Waals surface area contributed by atoms with Gasteiger partial charge in [0.2, 0.25) is 5.91 Å². The van der Waals surface area contributed by atoms with Crippen LogP contribution in [0.3, 0.4) is 0 Å². The second-order valence-electron chi connectivity index (χ2n) is 5.37. The quantitative estimate of drug-likeness (QED) is 0.939. The SMILES string of the molecule is O=C(Nc1nccs1)C1CCN(C(=O)c2ccccc2F)CC1. The van der Waals surface area contributed by atoms with E-state index in [1.165, 1.54) is 23.5 Å². The predicted molar refractivity (Wildman–Crippen MR) is 85.8 cm³/mol. The summed E-state index contributed by atoms with van der Waals surface area (Å²) in [6, 6.07) is 5.96. The zero-order valence-electron chi connectivity index (χ0n) is 12.4. The van der Waals surface area contributed by atoms with Gasteiger partial charge in [0.1, 0.15) is 5.82 Å². The lowest BCUT2D eigenvalue weighted by molar-refractivity contribution is -0.121. The molecule has 2 aromatic rings. The first-order chi connectivity index (χ1) is 11.1. The normalized spacial score (nSPS) is 15.4. The lowest BCUT2D eigenvalue weighted by Crippen LogP contribution is -2.41. The fourth-order valence-corrected chi connectivity index (χ4v) is 3.17. The van der Waals surface area contributed by atoms with Crippen molar-refractivity contribution in [1.82, 2.24) is 9.88 Å². The molecule has 0 radical (unpaired) electrons. The van der Waals surface area contributed by atoms with E-state index in [0.717, 1.165) is 0 Å². The summed E-state index contributed by atoms with van der Waals surface area (Å²) in [5.41, 5.74) is 0.0817. The number of anilines is 1. The van der Waals surface area contributed by atoms with E-state index in [-0.39, 0.29) is 23.3 Å². The molecule has 1 aromatic heterocycles. The molecule has 1 aliphatic rings. The van der Waals surface area contributed by atoms with Crippen molar-refractivity contribution in [2.75, 3.05) is 18.4 Å². The van der Waals surface area contributed by atoms with Crippen molar-refractivity contribution in [3.05, 3.63) is 47.2 Å². The number of halogens is 1. The van der Waals surface area contributed by atoms with Crippen LogP contribution in [0.5, 0.6) is 0 Å². The fraction of sp³-hybridized carbons (Fsp3) is 0.312. The lowest BCUT2D eigenvalue weighted by atomic mass is 9.95. The number of piperidine rings is 1. The minimum absolute atomic E-state index is 0.0714. The Morgan fingerprint density at radius 2 is 2.00 bits per heavy atom. The number of thiazole rings is 1. The Morgan fingerprint density at radius 3 is 2.65 bits per heavy atom. The van der Waals surface area contributed by atoms with E-state index >= 15 is 0 Å². The first kappa shape index (κ1) is 15.6. The summed E-state index contributed by atoms with van der Waals surface area (Å²) in [5, 5.41) is 5.16. The standard InChI is InChI=1S/C16H16FN3O2S/c17-13-4-2-1-3-12(13)15(22)20-8-5-11(6-9-20)14(21)19-16-18-7-10-23-16/h1-4,7,10-11H,5-6,8-9H2,(H,18,19,21). The molecule has 7 heteroatoms. The van der Waals surface area contributed by atoms with E-state index < -0.39 is 5.82 Å². The van der Waals surface area contributed by atoms with E-state index in [0.29, 0.717) is 31.1 Å². The highest BCUT2D eigenvalue weighted by molar-refractivity contribution is 7.13. The van der Waals surface area contributed by atoms with Crippen molar-refractivity contribution in [1.29, 1.82) is 0 Å². The van der Waals surface area contributed by atoms with E-state index in [9.17, 15) is 14.0 Å². The van der Waals surface area contributed by atoms with E-state index in [2.05, 4.69) is 10.3 Å². The number of amides is 2. The Kier molecular flexibility index (Phi) is 4.66. The Bertz CT molecular complexity index is 697. The van der Waals surface area contributed by atoms with Gasteiger partial charge in [-0.2, -0.15) is 0 Å². The Balaban J connectivity index is 1.57. The highest BCUT2D eigenvalue weighted by Gasteiger charge is 2.29. The van der Waals surface area contributed by atoms with Crippen molar-refractivity contribution in [3.63, 3.8) is 0 Å². The van der Waals surface area contributed by atoms with Crippen molar-refractivity contribution in [2.24, 2.45) is 5.92 Å². The van der Waals surface area contributed by atoms with Gasteiger partial charge in [0.25, 0.3) is 5.91 Å². The number of likely N-dealkylation sites (tertiary alicyclic amines) is 1. The first-order valence-electron chi connectivity index (χ1n) is 7.39. The number of hydrogen-bond donors (Lipinski definition) is 1. The summed E-state index contributed by atoms with van der Waals surface area (Å²) in [4.78, 5) is 30.1. The van der Waals surface area contributed by atoms with Crippen LogP contribution < -0.4 is 5.32 Å². The number of benzene rings is 1.